The Balaban J connectivity index is 2.46. The van der Waals surface area contributed by atoms with Gasteiger partial charge in [0.25, 0.3) is 10.2 Å². The van der Waals surface area contributed by atoms with E-state index < -0.39 is 22.3 Å². The van der Waals surface area contributed by atoms with Gasteiger partial charge in [0.15, 0.2) is 6.10 Å². The monoisotopic (exact) mass is 266 g/mol. The average molecular weight is 266 g/mol. The van der Waals surface area contributed by atoms with Crippen molar-refractivity contribution in [3.05, 3.63) is 0 Å². The van der Waals surface area contributed by atoms with Gasteiger partial charge in [-0.1, -0.05) is 6.42 Å². The number of nitrogens with one attached hydrogen (secondary N) is 1. The summed E-state index contributed by atoms with van der Waals surface area (Å²) in [4.78, 5) is 10.9. The maximum Gasteiger partial charge on any atom is 0.336 e. The fourth-order valence-corrected chi connectivity index (χ4v) is 2.89. The molecular formula is C9H18N2O5S. The molecule has 1 unspecified atom stereocenters. The number of methoxy groups -OCH3 is 1. The maximum atomic E-state index is 11.8. The summed E-state index contributed by atoms with van der Waals surface area (Å²) in [5.74, 6) is -0.855. The lowest BCUT2D eigenvalue weighted by Crippen LogP contribution is -2.46. The number of rotatable bonds is 5. The van der Waals surface area contributed by atoms with Gasteiger partial charge in [0, 0.05) is 19.6 Å². The van der Waals surface area contributed by atoms with Crippen molar-refractivity contribution in [2.24, 2.45) is 0 Å². The molecule has 0 saturated carbocycles. The molecular weight excluding hydrogens is 248 g/mol. The van der Waals surface area contributed by atoms with E-state index in [-0.39, 0.29) is 6.54 Å². The lowest BCUT2D eigenvalue weighted by Gasteiger charge is -2.26. The summed E-state index contributed by atoms with van der Waals surface area (Å²) in [5, 5.41) is 9.26. The van der Waals surface area contributed by atoms with Crippen LogP contribution in [0, 0.1) is 0 Å². The zero-order valence-electron chi connectivity index (χ0n) is 9.76. The van der Waals surface area contributed by atoms with E-state index in [4.69, 9.17) is 0 Å². The molecule has 0 radical (unpaired) electrons. The van der Waals surface area contributed by atoms with Crippen LogP contribution in [0.3, 0.4) is 0 Å². The Morgan fingerprint density at radius 3 is 2.53 bits per heavy atom. The zero-order valence-corrected chi connectivity index (χ0v) is 10.6. The van der Waals surface area contributed by atoms with Crippen molar-refractivity contribution < 1.29 is 23.1 Å². The molecule has 1 atom stereocenters. The van der Waals surface area contributed by atoms with Crippen LogP contribution in [0.4, 0.5) is 0 Å². The average Bonchev–Trinajstić information content (AvgIpc) is 2.36. The summed E-state index contributed by atoms with van der Waals surface area (Å²) < 4.78 is 31.3. The molecule has 100 valence electrons. The van der Waals surface area contributed by atoms with Crippen LogP contribution in [0.1, 0.15) is 19.3 Å². The number of carbonyl (C=O) groups is 1. The fraction of sp³-hybridized carbons (Fsp3) is 0.889. The Kier molecular flexibility index (Phi) is 5.31. The van der Waals surface area contributed by atoms with Crippen LogP contribution in [0.25, 0.3) is 0 Å². The number of ether oxygens (including phenoxy) is 1. The molecule has 1 aliphatic rings. The number of esters is 1. The van der Waals surface area contributed by atoms with Crippen LogP contribution in [0.2, 0.25) is 0 Å². The molecule has 2 N–H and O–H groups in total. The van der Waals surface area contributed by atoms with Gasteiger partial charge >= 0.3 is 5.97 Å². The molecule has 0 bridgehead atoms. The molecule has 0 aliphatic carbocycles. The van der Waals surface area contributed by atoms with Gasteiger partial charge in [-0.25, -0.2) is 4.79 Å². The Labute approximate surface area is 101 Å². The Morgan fingerprint density at radius 1 is 1.41 bits per heavy atom. The number of hydrogen-bond donors (Lipinski definition) is 2. The van der Waals surface area contributed by atoms with Gasteiger partial charge in [-0.2, -0.15) is 17.4 Å². The zero-order chi connectivity index (χ0) is 12.9. The molecule has 17 heavy (non-hydrogen) atoms. The van der Waals surface area contributed by atoms with Crippen LogP contribution in [-0.2, 0) is 19.7 Å². The Bertz CT molecular complexity index is 350. The molecule has 1 aliphatic heterocycles. The fourth-order valence-electron chi connectivity index (χ4n) is 1.60. The lowest BCUT2D eigenvalue weighted by molar-refractivity contribution is -0.149. The number of hydrogen-bond acceptors (Lipinski definition) is 5. The molecule has 0 amide bonds. The second-order valence-electron chi connectivity index (χ2n) is 3.85. The highest BCUT2D eigenvalue weighted by Crippen LogP contribution is 2.11. The Hall–Kier alpha value is -0.700. The molecule has 0 aromatic carbocycles. The molecule has 0 aromatic rings. The first-order chi connectivity index (χ1) is 7.97. The second kappa shape index (κ2) is 6.29. The van der Waals surface area contributed by atoms with E-state index in [9.17, 15) is 18.3 Å². The minimum atomic E-state index is -3.60. The van der Waals surface area contributed by atoms with E-state index >= 15 is 0 Å². The van der Waals surface area contributed by atoms with Crippen molar-refractivity contribution in [2.75, 3.05) is 26.7 Å². The van der Waals surface area contributed by atoms with E-state index in [1.165, 1.54) is 4.31 Å². The van der Waals surface area contributed by atoms with Gasteiger partial charge in [0.05, 0.1) is 7.11 Å². The summed E-state index contributed by atoms with van der Waals surface area (Å²) in [6.45, 7) is 0.582. The highest BCUT2D eigenvalue weighted by molar-refractivity contribution is 7.87. The largest absolute Gasteiger partial charge is 0.467 e. The first-order valence-corrected chi connectivity index (χ1v) is 6.92. The maximum absolute atomic E-state index is 11.8. The van der Waals surface area contributed by atoms with Gasteiger partial charge in [0.1, 0.15) is 0 Å². The Morgan fingerprint density at radius 2 is 2.00 bits per heavy atom. The minimum Gasteiger partial charge on any atom is -0.467 e. The lowest BCUT2D eigenvalue weighted by atomic mass is 10.2. The van der Waals surface area contributed by atoms with E-state index in [2.05, 4.69) is 9.46 Å². The normalized spacial score (nSPS) is 19.9. The van der Waals surface area contributed by atoms with Gasteiger partial charge in [-0.3, -0.25) is 0 Å². The minimum absolute atomic E-state index is 0.370. The van der Waals surface area contributed by atoms with Crippen LogP contribution in [-0.4, -0.2) is 56.6 Å². The van der Waals surface area contributed by atoms with Crippen molar-refractivity contribution in [1.29, 1.82) is 0 Å². The van der Waals surface area contributed by atoms with Gasteiger partial charge < -0.3 is 9.84 Å². The topological polar surface area (TPSA) is 95.9 Å². The van der Waals surface area contributed by atoms with Gasteiger partial charge in [-0.05, 0) is 12.8 Å². The standard InChI is InChI=1S/C9H18N2O5S/c1-16-9(13)8(12)7-10-17(14,15)11-5-3-2-4-6-11/h8,10,12H,2-7H2,1H3. The van der Waals surface area contributed by atoms with Gasteiger partial charge in [0.2, 0.25) is 0 Å². The third-order valence-corrected chi connectivity index (χ3v) is 4.16. The highest BCUT2D eigenvalue weighted by atomic mass is 32.2. The SMILES string of the molecule is COC(=O)C(O)CNS(=O)(=O)N1CCCCC1. The molecule has 0 spiro atoms. The molecule has 0 aromatic heterocycles. The summed E-state index contributed by atoms with van der Waals surface area (Å²) in [6, 6.07) is 0. The first-order valence-electron chi connectivity index (χ1n) is 5.48. The molecule has 1 saturated heterocycles. The van der Waals surface area contributed by atoms with Crippen molar-refractivity contribution in [3.63, 3.8) is 0 Å². The number of nitrogens with zero attached hydrogens (tertiary/aromatic N) is 1. The van der Waals surface area contributed by atoms with Crippen molar-refractivity contribution in [3.8, 4) is 0 Å². The van der Waals surface area contributed by atoms with Crippen LogP contribution >= 0.6 is 0 Å². The number of carbonyl (C=O) groups excluding carboxylic acids is 1. The molecule has 1 heterocycles. The number of piperidine rings is 1. The predicted molar refractivity (Wildman–Crippen MR) is 60.4 cm³/mol. The van der Waals surface area contributed by atoms with E-state index in [0.29, 0.717) is 13.1 Å². The summed E-state index contributed by atoms with van der Waals surface area (Å²) in [7, 11) is -2.47. The third-order valence-electron chi connectivity index (χ3n) is 2.59. The van der Waals surface area contributed by atoms with Crippen LogP contribution in [0.5, 0.6) is 0 Å². The van der Waals surface area contributed by atoms with Crippen molar-refractivity contribution in [2.45, 2.75) is 25.4 Å². The molecule has 8 heteroatoms. The quantitative estimate of drug-likeness (QED) is 0.612. The molecule has 7 nitrogen and oxygen atoms in total. The molecule has 1 fully saturated rings. The summed E-state index contributed by atoms with van der Waals surface area (Å²) in [5.41, 5.74) is 0. The van der Waals surface area contributed by atoms with E-state index in [1.54, 1.807) is 0 Å². The summed E-state index contributed by atoms with van der Waals surface area (Å²) in [6.07, 6.45) is 1.22. The van der Waals surface area contributed by atoms with Crippen molar-refractivity contribution in [1.82, 2.24) is 9.03 Å². The first kappa shape index (κ1) is 14.4. The van der Waals surface area contributed by atoms with Gasteiger partial charge in [-0.15, -0.1) is 0 Å². The van der Waals surface area contributed by atoms with E-state index in [1.807, 2.05) is 0 Å². The third kappa shape index (κ3) is 4.23. The second-order valence-corrected chi connectivity index (χ2v) is 5.61. The number of aliphatic hydroxyl groups is 1. The molecule has 1 rings (SSSR count). The smallest absolute Gasteiger partial charge is 0.336 e. The van der Waals surface area contributed by atoms with E-state index in [0.717, 1.165) is 26.4 Å². The predicted octanol–water partition coefficient (Wildman–Crippen LogP) is -1.16. The van der Waals surface area contributed by atoms with Crippen molar-refractivity contribution >= 4 is 16.2 Å². The van der Waals surface area contributed by atoms with Crippen LogP contribution < -0.4 is 4.72 Å². The highest BCUT2D eigenvalue weighted by Gasteiger charge is 2.25. The van der Waals surface area contributed by atoms with Crippen LogP contribution in [0.15, 0.2) is 0 Å². The number of aliphatic hydroxyl groups excluding tert-OH is 1. The summed E-state index contributed by atoms with van der Waals surface area (Å²) >= 11 is 0.